The first-order valence-electron chi connectivity index (χ1n) is 8.45. The number of nitrogens with one attached hydrogen (secondary N) is 1. The van der Waals surface area contributed by atoms with Crippen molar-refractivity contribution >= 4 is 11.7 Å². The fourth-order valence-corrected chi connectivity index (χ4v) is 3.25. The van der Waals surface area contributed by atoms with Gasteiger partial charge >= 0.3 is 0 Å². The number of benzene rings is 2. The van der Waals surface area contributed by atoms with Gasteiger partial charge in [-0.15, -0.1) is 6.42 Å². The maximum atomic E-state index is 13.6. The van der Waals surface area contributed by atoms with Crippen LogP contribution >= 0.6 is 0 Å². The summed E-state index contributed by atoms with van der Waals surface area (Å²) in [5, 5.41) is 2.86. The number of hydrogen-bond donors (Lipinski definition) is 1. The number of imidazole rings is 1. The van der Waals surface area contributed by atoms with Crippen molar-refractivity contribution in [3.63, 3.8) is 0 Å². The first-order valence-corrected chi connectivity index (χ1v) is 8.45. The zero-order valence-electron chi connectivity index (χ0n) is 14.4. The lowest BCUT2D eigenvalue weighted by atomic mass is 9.89. The van der Waals surface area contributed by atoms with Crippen LogP contribution in [0.5, 0.6) is 5.75 Å². The Hall–Kier alpha value is -3.59. The summed E-state index contributed by atoms with van der Waals surface area (Å²) >= 11 is 0. The lowest BCUT2D eigenvalue weighted by Crippen LogP contribution is -2.25. The molecule has 0 unspecified atom stereocenters. The van der Waals surface area contributed by atoms with Gasteiger partial charge in [-0.05, 0) is 35.9 Å². The van der Waals surface area contributed by atoms with E-state index in [1.807, 2.05) is 24.3 Å². The molecule has 0 saturated carbocycles. The molecule has 0 bridgehead atoms. The van der Waals surface area contributed by atoms with Crippen molar-refractivity contribution in [1.82, 2.24) is 9.55 Å². The number of aromatic nitrogens is 2. The van der Waals surface area contributed by atoms with E-state index >= 15 is 0 Å². The number of ether oxygens (including phenoxy) is 1. The average Bonchev–Trinajstić information content (AvgIpc) is 3.09. The van der Waals surface area contributed by atoms with Crippen LogP contribution in [0.4, 0.5) is 10.2 Å². The molecule has 3 aromatic rings. The van der Waals surface area contributed by atoms with Crippen LogP contribution in [0.2, 0.25) is 0 Å². The van der Waals surface area contributed by atoms with E-state index in [0.717, 1.165) is 11.3 Å². The highest BCUT2D eigenvalue weighted by atomic mass is 19.1. The van der Waals surface area contributed by atoms with Gasteiger partial charge in [-0.1, -0.05) is 24.1 Å². The molecule has 1 aliphatic rings. The molecule has 2 aromatic carbocycles. The largest absolute Gasteiger partial charge is 0.481 e. The van der Waals surface area contributed by atoms with Gasteiger partial charge in [0, 0.05) is 12.3 Å². The maximum Gasteiger partial charge on any atom is 0.226 e. The van der Waals surface area contributed by atoms with Crippen LogP contribution < -0.4 is 10.1 Å². The molecule has 0 radical (unpaired) electrons. The summed E-state index contributed by atoms with van der Waals surface area (Å²) in [6, 6.07) is 13.6. The van der Waals surface area contributed by atoms with E-state index in [1.54, 1.807) is 23.0 Å². The highest BCUT2D eigenvalue weighted by Crippen LogP contribution is 2.38. The Bertz CT molecular complexity index is 1050. The van der Waals surface area contributed by atoms with Gasteiger partial charge in [-0.25, -0.2) is 9.37 Å². The average molecular weight is 361 g/mol. The van der Waals surface area contributed by atoms with E-state index in [1.165, 1.54) is 12.1 Å². The van der Waals surface area contributed by atoms with Gasteiger partial charge in [0.25, 0.3) is 0 Å². The number of amides is 1. The molecule has 134 valence electrons. The molecule has 0 saturated heterocycles. The van der Waals surface area contributed by atoms with Crippen LogP contribution in [0.25, 0.3) is 5.69 Å². The summed E-state index contributed by atoms with van der Waals surface area (Å²) in [7, 11) is 0. The second-order valence-corrected chi connectivity index (χ2v) is 6.20. The molecule has 0 fully saturated rings. The predicted octanol–water partition coefficient (Wildman–Crippen LogP) is 3.50. The summed E-state index contributed by atoms with van der Waals surface area (Å²) in [6.07, 6.45) is 7.10. The van der Waals surface area contributed by atoms with Crippen molar-refractivity contribution in [2.45, 2.75) is 12.3 Å². The van der Waals surface area contributed by atoms with Crippen LogP contribution in [0, 0.1) is 18.2 Å². The Balaban J connectivity index is 1.75. The van der Waals surface area contributed by atoms with Gasteiger partial charge in [-0.2, -0.15) is 0 Å². The molecular weight excluding hydrogens is 345 g/mol. The molecule has 0 aliphatic carbocycles. The minimum atomic E-state index is -0.355. The minimum Gasteiger partial charge on any atom is -0.481 e. The first kappa shape index (κ1) is 16.9. The highest BCUT2D eigenvalue weighted by molar-refractivity contribution is 5.94. The molecule has 0 spiro atoms. The second kappa shape index (κ2) is 6.96. The van der Waals surface area contributed by atoms with E-state index in [0.29, 0.717) is 17.3 Å². The van der Waals surface area contributed by atoms with E-state index < -0.39 is 0 Å². The molecule has 4 rings (SSSR count). The number of nitrogens with zero attached hydrogens (tertiary/aromatic N) is 2. The number of terminal acetylenes is 1. The Morgan fingerprint density at radius 1 is 1.30 bits per heavy atom. The second-order valence-electron chi connectivity index (χ2n) is 6.20. The standard InChI is InChI=1S/C21H16FN3O2/c1-2-9-27-17-8-3-5-14(10-17)18-12-19(26)24-21-20(18)23-13-25(21)16-7-4-6-15(22)11-16/h1,3-8,10-11,13,18H,9,12H2,(H,24,26)/t18-/m0/s1. The Kier molecular flexibility index (Phi) is 4.35. The third kappa shape index (κ3) is 3.27. The number of carbonyl (C=O) groups excluding carboxylic acids is 1. The third-order valence-corrected chi connectivity index (χ3v) is 4.44. The molecule has 1 atom stereocenters. The highest BCUT2D eigenvalue weighted by Gasteiger charge is 2.31. The number of halogens is 1. The Labute approximate surface area is 155 Å². The lowest BCUT2D eigenvalue weighted by molar-refractivity contribution is -0.116. The number of rotatable bonds is 4. The number of hydrogen-bond acceptors (Lipinski definition) is 3. The smallest absolute Gasteiger partial charge is 0.226 e. The molecular formula is C21H16FN3O2. The van der Waals surface area contributed by atoms with Crippen LogP contribution in [-0.2, 0) is 4.79 Å². The van der Waals surface area contributed by atoms with Gasteiger partial charge in [0.15, 0.2) is 0 Å². The zero-order chi connectivity index (χ0) is 18.8. The molecule has 2 heterocycles. The monoisotopic (exact) mass is 361 g/mol. The molecule has 1 amide bonds. The molecule has 1 aliphatic heterocycles. The Morgan fingerprint density at radius 2 is 2.15 bits per heavy atom. The van der Waals surface area contributed by atoms with Crippen molar-refractivity contribution in [2.75, 3.05) is 11.9 Å². The van der Waals surface area contributed by atoms with Gasteiger partial charge < -0.3 is 10.1 Å². The Morgan fingerprint density at radius 3 is 2.96 bits per heavy atom. The fourth-order valence-electron chi connectivity index (χ4n) is 3.25. The van der Waals surface area contributed by atoms with Gasteiger partial charge in [0.2, 0.25) is 5.91 Å². The molecule has 1 N–H and O–H groups in total. The van der Waals surface area contributed by atoms with E-state index in [4.69, 9.17) is 11.2 Å². The number of carbonyl (C=O) groups is 1. The van der Waals surface area contributed by atoms with Gasteiger partial charge in [0.1, 0.15) is 30.3 Å². The van der Waals surface area contributed by atoms with Crippen LogP contribution in [0.3, 0.4) is 0 Å². The van der Waals surface area contributed by atoms with Crippen LogP contribution in [0.1, 0.15) is 23.6 Å². The number of fused-ring (bicyclic) bond motifs is 1. The molecule has 5 nitrogen and oxygen atoms in total. The van der Waals surface area contributed by atoms with Crippen molar-refractivity contribution in [3.05, 3.63) is 71.9 Å². The van der Waals surface area contributed by atoms with Crippen molar-refractivity contribution in [1.29, 1.82) is 0 Å². The quantitative estimate of drug-likeness (QED) is 0.724. The normalized spacial score (nSPS) is 15.6. The molecule has 1 aromatic heterocycles. The maximum absolute atomic E-state index is 13.6. The predicted molar refractivity (Wildman–Crippen MR) is 99.4 cm³/mol. The topological polar surface area (TPSA) is 56.1 Å². The van der Waals surface area contributed by atoms with E-state index in [9.17, 15) is 9.18 Å². The summed E-state index contributed by atoms with van der Waals surface area (Å²) in [4.78, 5) is 16.8. The summed E-state index contributed by atoms with van der Waals surface area (Å²) in [5.41, 5.74) is 2.23. The SMILES string of the molecule is C#CCOc1cccc([C@@H]2CC(=O)Nc3c2ncn3-c2cccc(F)c2)c1. The van der Waals surface area contributed by atoms with Crippen molar-refractivity contribution < 1.29 is 13.9 Å². The lowest BCUT2D eigenvalue weighted by Gasteiger charge is -2.23. The van der Waals surface area contributed by atoms with Crippen LogP contribution in [-0.4, -0.2) is 22.1 Å². The first-order chi connectivity index (χ1) is 13.2. The summed E-state index contributed by atoms with van der Waals surface area (Å²) < 4.78 is 20.8. The van der Waals surface area contributed by atoms with E-state index in [-0.39, 0.29) is 30.7 Å². The minimum absolute atomic E-state index is 0.124. The van der Waals surface area contributed by atoms with E-state index in [2.05, 4.69) is 16.2 Å². The van der Waals surface area contributed by atoms with Crippen molar-refractivity contribution in [3.8, 4) is 23.8 Å². The summed E-state index contributed by atoms with van der Waals surface area (Å²) in [6.45, 7) is 0.175. The van der Waals surface area contributed by atoms with Crippen molar-refractivity contribution in [2.24, 2.45) is 0 Å². The third-order valence-electron chi connectivity index (χ3n) is 4.44. The number of anilines is 1. The van der Waals surface area contributed by atoms with Gasteiger partial charge in [-0.3, -0.25) is 9.36 Å². The fraction of sp³-hybridized carbons (Fsp3) is 0.143. The zero-order valence-corrected chi connectivity index (χ0v) is 14.4. The molecule has 27 heavy (non-hydrogen) atoms. The van der Waals surface area contributed by atoms with Gasteiger partial charge in [0.05, 0.1) is 11.4 Å². The van der Waals surface area contributed by atoms with Crippen LogP contribution in [0.15, 0.2) is 54.9 Å². The molecule has 6 heteroatoms. The summed E-state index contributed by atoms with van der Waals surface area (Å²) in [5.74, 6) is 2.92.